The van der Waals surface area contributed by atoms with E-state index in [2.05, 4.69) is 25.5 Å². The number of carbonyl (C=O) groups excluding carboxylic acids is 1. The number of H-pyrrole nitrogens is 1. The number of nitrogens with one attached hydrogen (secondary N) is 2. The molecule has 1 fully saturated rings. The van der Waals surface area contributed by atoms with Gasteiger partial charge in [-0.15, -0.1) is 0 Å². The van der Waals surface area contributed by atoms with Crippen LogP contribution in [0.4, 0.5) is 5.82 Å². The maximum atomic E-state index is 12.6. The molecule has 2 aromatic heterocycles. The van der Waals surface area contributed by atoms with Crippen LogP contribution in [0.2, 0.25) is 0 Å². The molecular formula is C28H31N7O3. The van der Waals surface area contributed by atoms with Crippen LogP contribution >= 0.6 is 0 Å². The Morgan fingerprint density at radius 1 is 1.08 bits per heavy atom. The van der Waals surface area contributed by atoms with Crippen molar-refractivity contribution < 1.29 is 14.3 Å². The molecule has 196 valence electrons. The smallest absolute Gasteiger partial charge is 0.246 e. The molecule has 2 N–H and O–H groups in total. The fourth-order valence-electron chi connectivity index (χ4n) is 4.28. The molecule has 10 nitrogen and oxygen atoms in total. The third-order valence-electron chi connectivity index (χ3n) is 6.14. The van der Waals surface area contributed by atoms with Gasteiger partial charge in [0.1, 0.15) is 29.0 Å². The van der Waals surface area contributed by atoms with E-state index in [0.29, 0.717) is 40.8 Å². The molecule has 10 heteroatoms. The van der Waals surface area contributed by atoms with Gasteiger partial charge >= 0.3 is 0 Å². The van der Waals surface area contributed by atoms with Gasteiger partial charge in [0.25, 0.3) is 0 Å². The van der Waals surface area contributed by atoms with Gasteiger partial charge in [-0.25, -0.2) is 9.97 Å². The Balaban J connectivity index is 1.27. The molecule has 0 saturated carbocycles. The average molecular weight is 514 g/mol. The van der Waals surface area contributed by atoms with Gasteiger partial charge in [-0.3, -0.25) is 9.89 Å². The summed E-state index contributed by atoms with van der Waals surface area (Å²) < 4.78 is 12.0. The number of aromatic amines is 1. The zero-order valence-electron chi connectivity index (χ0n) is 21.5. The third kappa shape index (κ3) is 6.27. The summed E-state index contributed by atoms with van der Waals surface area (Å²) in [5, 5.41) is 11.5. The molecule has 5 rings (SSSR count). The zero-order valence-corrected chi connectivity index (χ0v) is 21.5. The highest BCUT2D eigenvalue weighted by atomic mass is 16.5. The van der Waals surface area contributed by atoms with Crippen LogP contribution in [0.25, 0.3) is 11.0 Å². The first-order valence-corrected chi connectivity index (χ1v) is 12.6. The van der Waals surface area contributed by atoms with E-state index >= 15 is 0 Å². The summed E-state index contributed by atoms with van der Waals surface area (Å²) in [4.78, 5) is 25.2. The number of aromatic nitrogens is 4. The van der Waals surface area contributed by atoms with Crippen molar-refractivity contribution in [3.8, 4) is 23.1 Å². The maximum Gasteiger partial charge on any atom is 0.246 e. The van der Waals surface area contributed by atoms with E-state index in [-0.39, 0.29) is 11.9 Å². The lowest BCUT2D eigenvalue weighted by Crippen LogP contribution is -2.44. The number of piperidine rings is 1. The number of ether oxygens (including phenoxy) is 2. The molecule has 3 heterocycles. The Kier molecular flexibility index (Phi) is 7.79. The minimum atomic E-state index is 0.0253. The Bertz CT molecular complexity index is 1390. The van der Waals surface area contributed by atoms with Crippen LogP contribution in [-0.4, -0.2) is 75.6 Å². The average Bonchev–Trinajstić information content (AvgIpc) is 3.34. The largest absolute Gasteiger partial charge is 0.457 e. The first-order valence-electron chi connectivity index (χ1n) is 12.6. The molecule has 0 spiro atoms. The van der Waals surface area contributed by atoms with E-state index in [1.54, 1.807) is 6.08 Å². The molecule has 0 radical (unpaired) electrons. The molecule has 1 aliphatic heterocycles. The molecule has 1 amide bonds. The Morgan fingerprint density at radius 3 is 2.58 bits per heavy atom. The number of likely N-dealkylation sites (N-methyl/N-ethyl adjacent to an activating group) is 1. The number of nitrogens with zero attached hydrogens (tertiary/aromatic N) is 5. The first-order chi connectivity index (χ1) is 18.5. The van der Waals surface area contributed by atoms with Gasteiger partial charge in [0, 0.05) is 31.8 Å². The number of rotatable bonds is 9. The summed E-state index contributed by atoms with van der Waals surface area (Å²) in [6.07, 6.45) is 6.81. The molecule has 0 unspecified atom stereocenters. The second-order valence-electron chi connectivity index (χ2n) is 9.40. The lowest BCUT2D eigenvalue weighted by Gasteiger charge is -2.32. The highest BCUT2D eigenvalue weighted by Crippen LogP contribution is 2.33. The molecule has 2 aromatic carbocycles. The summed E-state index contributed by atoms with van der Waals surface area (Å²) in [7, 11) is 3.95. The summed E-state index contributed by atoms with van der Waals surface area (Å²) in [6, 6.07) is 17.0. The Labute approximate surface area is 221 Å². The van der Waals surface area contributed by atoms with Crippen molar-refractivity contribution in [2.45, 2.75) is 18.9 Å². The summed E-state index contributed by atoms with van der Waals surface area (Å²) >= 11 is 0. The SMILES string of the molecule is CN(C)CC=CC(=O)N1CCC[C@@H](Nc2n[nH]c3ncnc(Oc4ccc(Oc5ccccc5)cc4)c23)C1. The van der Waals surface area contributed by atoms with E-state index in [0.717, 1.165) is 31.7 Å². The summed E-state index contributed by atoms with van der Waals surface area (Å²) in [5.41, 5.74) is 0.567. The van der Waals surface area contributed by atoms with Crippen LogP contribution in [0.3, 0.4) is 0 Å². The molecule has 1 atom stereocenters. The normalized spacial score (nSPS) is 15.8. The molecule has 1 aliphatic rings. The molecule has 1 saturated heterocycles. The fourth-order valence-corrected chi connectivity index (χ4v) is 4.28. The van der Waals surface area contributed by atoms with Crippen LogP contribution in [0.15, 0.2) is 73.1 Å². The van der Waals surface area contributed by atoms with E-state index in [1.165, 1.54) is 6.33 Å². The van der Waals surface area contributed by atoms with Crippen molar-refractivity contribution in [1.29, 1.82) is 0 Å². The number of hydrogen-bond acceptors (Lipinski definition) is 8. The van der Waals surface area contributed by atoms with Gasteiger partial charge in [-0.05, 0) is 63.3 Å². The summed E-state index contributed by atoms with van der Waals surface area (Å²) in [6.45, 7) is 2.06. The molecule has 0 aliphatic carbocycles. The number of benzene rings is 2. The number of hydrogen-bond donors (Lipinski definition) is 2. The topological polar surface area (TPSA) is 109 Å². The van der Waals surface area contributed by atoms with E-state index in [9.17, 15) is 4.79 Å². The van der Waals surface area contributed by atoms with Crippen molar-refractivity contribution in [1.82, 2.24) is 30.0 Å². The van der Waals surface area contributed by atoms with Crippen molar-refractivity contribution in [2.75, 3.05) is 39.0 Å². The van der Waals surface area contributed by atoms with Crippen molar-refractivity contribution >= 4 is 22.8 Å². The minimum absolute atomic E-state index is 0.0253. The minimum Gasteiger partial charge on any atom is -0.457 e. The van der Waals surface area contributed by atoms with Crippen LogP contribution in [0, 0.1) is 0 Å². The molecular weight excluding hydrogens is 482 g/mol. The zero-order chi connectivity index (χ0) is 26.3. The Hall–Kier alpha value is -4.44. The number of carbonyl (C=O) groups is 1. The number of likely N-dealkylation sites (tertiary alicyclic amines) is 1. The van der Waals surface area contributed by atoms with Gasteiger partial charge in [0.2, 0.25) is 11.8 Å². The van der Waals surface area contributed by atoms with E-state index < -0.39 is 0 Å². The lowest BCUT2D eigenvalue weighted by atomic mass is 10.1. The van der Waals surface area contributed by atoms with E-state index in [4.69, 9.17) is 9.47 Å². The van der Waals surface area contributed by atoms with Crippen LogP contribution in [-0.2, 0) is 4.79 Å². The Morgan fingerprint density at radius 2 is 1.82 bits per heavy atom. The van der Waals surface area contributed by atoms with Crippen LogP contribution in [0.1, 0.15) is 12.8 Å². The molecule has 4 aromatic rings. The molecule has 0 bridgehead atoms. The standard InChI is InChI=1S/C28H31N7O3/c1-34(2)16-7-11-24(36)35-17-6-8-20(18-35)31-27-25-26(32-33-27)29-19-30-28(25)38-23-14-12-22(13-15-23)37-21-9-4-3-5-10-21/h3-5,7,9-15,19-20H,6,8,16-18H2,1-2H3,(H2,29,30,31,32,33)/t20-/m1/s1. The highest BCUT2D eigenvalue weighted by Gasteiger charge is 2.25. The van der Waals surface area contributed by atoms with Gasteiger partial charge in [-0.1, -0.05) is 24.3 Å². The van der Waals surface area contributed by atoms with Gasteiger partial charge in [0.15, 0.2) is 11.5 Å². The fraction of sp³-hybridized carbons (Fsp3) is 0.286. The van der Waals surface area contributed by atoms with Crippen molar-refractivity contribution in [2.24, 2.45) is 0 Å². The number of para-hydroxylation sites is 1. The second kappa shape index (κ2) is 11.7. The van der Waals surface area contributed by atoms with E-state index in [1.807, 2.05) is 84.6 Å². The maximum absolute atomic E-state index is 12.6. The van der Waals surface area contributed by atoms with Crippen molar-refractivity contribution in [3.63, 3.8) is 0 Å². The predicted molar refractivity (Wildman–Crippen MR) is 146 cm³/mol. The van der Waals surface area contributed by atoms with Crippen LogP contribution < -0.4 is 14.8 Å². The summed E-state index contributed by atoms with van der Waals surface area (Å²) in [5.74, 6) is 3.09. The van der Waals surface area contributed by atoms with Crippen LogP contribution in [0.5, 0.6) is 23.1 Å². The van der Waals surface area contributed by atoms with Gasteiger partial charge in [-0.2, -0.15) is 5.10 Å². The lowest BCUT2D eigenvalue weighted by molar-refractivity contribution is -0.127. The van der Waals surface area contributed by atoms with Crippen molar-refractivity contribution in [3.05, 3.63) is 73.1 Å². The molecule has 38 heavy (non-hydrogen) atoms. The first kappa shape index (κ1) is 25.2. The number of anilines is 1. The number of fused-ring (bicyclic) bond motifs is 1. The predicted octanol–water partition coefficient (Wildman–Crippen LogP) is 4.46. The second-order valence-corrected chi connectivity index (χ2v) is 9.40. The van der Waals surface area contributed by atoms with Gasteiger partial charge < -0.3 is 24.6 Å². The quantitative estimate of drug-likeness (QED) is 0.316. The third-order valence-corrected chi connectivity index (χ3v) is 6.14. The van der Waals surface area contributed by atoms with Gasteiger partial charge in [0.05, 0.1) is 0 Å². The monoisotopic (exact) mass is 513 g/mol. The number of amides is 1. The highest BCUT2D eigenvalue weighted by molar-refractivity contribution is 5.92.